The van der Waals surface area contributed by atoms with Crippen molar-refractivity contribution in [2.24, 2.45) is 0 Å². The molecule has 0 aliphatic carbocycles. The molecule has 1 aliphatic rings. The average molecular weight is 341 g/mol. The first-order valence-electron chi connectivity index (χ1n) is 8.62. The summed E-state index contributed by atoms with van der Waals surface area (Å²) >= 11 is 0. The summed E-state index contributed by atoms with van der Waals surface area (Å²) in [5, 5.41) is 2.91. The van der Waals surface area contributed by atoms with Crippen molar-refractivity contribution in [2.75, 3.05) is 31.1 Å². The second-order valence-corrected chi connectivity index (χ2v) is 6.61. The molecule has 2 amide bonds. The quantitative estimate of drug-likeness (QED) is 0.928. The largest absolute Gasteiger partial charge is 0.368 e. The lowest BCUT2D eigenvalue weighted by Crippen LogP contribution is -2.51. The predicted octanol–water partition coefficient (Wildman–Crippen LogP) is 3.47. The van der Waals surface area contributed by atoms with Crippen molar-refractivity contribution < 1.29 is 9.18 Å². The average Bonchev–Trinajstić information content (AvgIpc) is 2.60. The molecule has 3 rings (SSSR count). The van der Waals surface area contributed by atoms with Crippen LogP contribution in [0.5, 0.6) is 0 Å². The van der Waals surface area contributed by atoms with Gasteiger partial charge in [-0.15, -0.1) is 0 Å². The Bertz CT molecular complexity index is 717. The number of hydrogen-bond acceptors (Lipinski definition) is 2. The molecule has 1 heterocycles. The third kappa shape index (κ3) is 4.50. The van der Waals surface area contributed by atoms with Crippen LogP contribution in [0.1, 0.15) is 16.7 Å². The van der Waals surface area contributed by atoms with Crippen LogP contribution >= 0.6 is 0 Å². The number of nitrogens with one attached hydrogen (secondary N) is 1. The van der Waals surface area contributed by atoms with E-state index in [0.29, 0.717) is 19.6 Å². The lowest BCUT2D eigenvalue weighted by atomic mass is 10.1. The van der Waals surface area contributed by atoms with Gasteiger partial charge in [0.15, 0.2) is 0 Å². The molecular weight excluding hydrogens is 317 g/mol. The van der Waals surface area contributed by atoms with E-state index in [1.54, 1.807) is 12.1 Å². The number of aryl methyl sites for hydroxylation is 2. The molecule has 2 aromatic carbocycles. The number of rotatable bonds is 3. The minimum absolute atomic E-state index is 0.0654. The van der Waals surface area contributed by atoms with Crippen molar-refractivity contribution in [1.82, 2.24) is 10.2 Å². The topological polar surface area (TPSA) is 35.6 Å². The van der Waals surface area contributed by atoms with Gasteiger partial charge in [0.2, 0.25) is 0 Å². The molecule has 0 saturated carbocycles. The van der Waals surface area contributed by atoms with Gasteiger partial charge in [0.05, 0.1) is 0 Å². The van der Waals surface area contributed by atoms with Gasteiger partial charge in [-0.25, -0.2) is 9.18 Å². The van der Waals surface area contributed by atoms with Crippen LogP contribution in [-0.4, -0.2) is 37.1 Å². The van der Waals surface area contributed by atoms with E-state index in [-0.39, 0.29) is 11.8 Å². The van der Waals surface area contributed by atoms with E-state index in [4.69, 9.17) is 0 Å². The lowest BCUT2D eigenvalue weighted by Gasteiger charge is -2.36. The van der Waals surface area contributed by atoms with Crippen molar-refractivity contribution in [3.05, 3.63) is 65.0 Å². The molecule has 4 nitrogen and oxygen atoms in total. The Morgan fingerprint density at radius 3 is 2.20 bits per heavy atom. The van der Waals surface area contributed by atoms with E-state index < -0.39 is 0 Å². The molecule has 0 bridgehead atoms. The zero-order valence-electron chi connectivity index (χ0n) is 14.8. The molecule has 132 valence electrons. The third-order valence-corrected chi connectivity index (χ3v) is 4.50. The molecular formula is C20H24FN3O. The summed E-state index contributed by atoms with van der Waals surface area (Å²) in [5.74, 6) is -0.266. The molecule has 1 N–H and O–H groups in total. The van der Waals surface area contributed by atoms with Gasteiger partial charge in [-0.1, -0.05) is 18.2 Å². The number of hydrogen-bond donors (Lipinski definition) is 1. The number of piperazine rings is 1. The zero-order chi connectivity index (χ0) is 17.8. The molecule has 5 heteroatoms. The minimum atomic E-state index is -0.266. The second kappa shape index (κ2) is 7.55. The maximum Gasteiger partial charge on any atom is 0.317 e. The first kappa shape index (κ1) is 17.3. The van der Waals surface area contributed by atoms with E-state index in [2.05, 4.69) is 42.3 Å². The maximum atomic E-state index is 12.9. The molecule has 0 spiro atoms. The van der Waals surface area contributed by atoms with Crippen LogP contribution in [0, 0.1) is 19.7 Å². The summed E-state index contributed by atoms with van der Waals surface area (Å²) in [6.07, 6.45) is 0. The Labute approximate surface area is 148 Å². The number of nitrogens with zero attached hydrogens (tertiary/aromatic N) is 2. The van der Waals surface area contributed by atoms with Crippen LogP contribution in [0.25, 0.3) is 0 Å². The smallest absolute Gasteiger partial charge is 0.317 e. The van der Waals surface area contributed by atoms with Crippen molar-refractivity contribution in [2.45, 2.75) is 20.4 Å². The Hall–Kier alpha value is -2.56. The molecule has 0 unspecified atom stereocenters. The van der Waals surface area contributed by atoms with Gasteiger partial charge in [-0.2, -0.15) is 0 Å². The summed E-state index contributed by atoms with van der Waals surface area (Å²) in [4.78, 5) is 16.5. The monoisotopic (exact) mass is 341 g/mol. The second-order valence-electron chi connectivity index (χ2n) is 6.61. The van der Waals surface area contributed by atoms with Crippen LogP contribution in [-0.2, 0) is 6.54 Å². The van der Waals surface area contributed by atoms with Gasteiger partial charge < -0.3 is 15.1 Å². The summed E-state index contributed by atoms with van der Waals surface area (Å²) in [5.41, 5.74) is 4.64. The molecule has 1 aliphatic heterocycles. The SMILES string of the molecule is Cc1cc(C)cc(N2CCN(C(=O)NCc3ccc(F)cc3)CC2)c1. The van der Waals surface area contributed by atoms with Crippen molar-refractivity contribution in [1.29, 1.82) is 0 Å². The first-order valence-corrected chi connectivity index (χ1v) is 8.62. The number of urea groups is 1. The highest BCUT2D eigenvalue weighted by Crippen LogP contribution is 2.20. The van der Waals surface area contributed by atoms with Gasteiger partial charge in [0, 0.05) is 38.4 Å². The number of anilines is 1. The summed E-state index contributed by atoms with van der Waals surface area (Å²) in [6.45, 7) is 7.67. The molecule has 25 heavy (non-hydrogen) atoms. The van der Waals surface area contributed by atoms with Gasteiger partial charge in [-0.3, -0.25) is 0 Å². The fourth-order valence-electron chi connectivity index (χ4n) is 3.19. The molecule has 0 radical (unpaired) electrons. The minimum Gasteiger partial charge on any atom is -0.368 e. The fourth-order valence-corrected chi connectivity index (χ4v) is 3.19. The number of amides is 2. The van der Waals surface area contributed by atoms with Gasteiger partial charge in [0.1, 0.15) is 5.82 Å². The van der Waals surface area contributed by atoms with Crippen LogP contribution in [0.4, 0.5) is 14.9 Å². The summed E-state index contributed by atoms with van der Waals surface area (Å²) < 4.78 is 12.9. The summed E-state index contributed by atoms with van der Waals surface area (Å²) in [6, 6.07) is 12.7. The van der Waals surface area contributed by atoms with E-state index in [0.717, 1.165) is 18.7 Å². The Balaban J connectivity index is 1.51. The van der Waals surface area contributed by atoms with Crippen LogP contribution < -0.4 is 10.2 Å². The molecule has 1 saturated heterocycles. The fraction of sp³-hybridized carbons (Fsp3) is 0.350. The van der Waals surface area contributed by atoms with E-state index in [9.17, 15) is 9.18 Å². The van der Waals surface area contributed by atoms with Crippen molar-refractivity contribution >= 4 is 11.7 Å². The highest BCUT2D eigenvalue weighted by Gasteiger charge is 2.21. The predicted molar refractivity (Wildman–Crippen MR) is 98.3 cm³/mol. The molecule has 1 fully saturated rings. The van der Waals surface area contributed by atoms with Crippen LogP contribution in [0.15, 0.2) is 42.5 Å². The molecule has 0 atom stereocenters. The molecule has 2 aromatic rings. The first-order chi connectivity index (χ1) is 12.0. The van der Waals surface area contributed by atoms with Crippen LogP contribution in [0.3, 0.4) is 0 Å². The number of carbonyl (C=O) groups is 1. The highest BCUT2D eigenvalue weighted by molar-refractivity contribution is 5.74. The van der Waals surface area contributed by atoms with E-state index >= 15 is 0 Å². The van der Waals surface area contributed by atoms with E-state index in [1.165, 1.54) is 28.9 Å². The highest BCUT2D eigenvalue weighted by atomic mass is 19.1. The van der Waals surface area contributed by atoms with Crippen LogP contribution in [0.2, 0.25) is 0 Å². The van der Waals surface area contributed by atoms with E-state index in [1.807, 2.05) is 4.90 Å². The normalized spacial score (nSPS) is 14.5. The Morgan fingerprint density at radius 2 is 1.60 bits per heavy atom. The van der Waals surface area contributed by atoms with Gasteiger partial charge in [-0.05, 0) is 54.8 Å². The number of carbonyl (C=O) groups excluding carboxylic acids is 1. The maximum absolute atomic E-state index is 12.9. The Kier molecular flexibility index (Phi) is 5.22. The van der Waals surface area contributed by atoms with Gasteiger partial charge >= 0.3 is 6.03 Å². The lowest BCUT2D eigenvalue weighted by molar-refractivity contribution is 0.194. The van der Waals surface area contributed by atoms with Gasteiger partial charge in [0.25, 0.3) is 0 Å². The van der Waals surface area contributed by atoms with Crippen molar-refractivity contribution in [3.63, 3.8) is 0 Å². The number of halogens is 1. The van der Waals surface area contributed by atoms with Crippen molar-refractivity contribution in [3.8, 4) is 0 Å². The molecule has 0 aromatic heterocycles. The zero-order valence-corrected chi connectivity index (χ0v) is 14.8. The standard InChI is InChI=1S/C20H24FN3O/c1-15-11-16(2)13-19(12-15)23-7-9-24(10-8-23)20(25)22-14-17-3-5-18(21)6-4-17/h3-6,11-13H,7-10,14H2,1-2H3,(H,22,25). The Morgan fingerprint density at radius 1 is 1.00 bits per heavy atom. The summed E-state index contributed by atoms with van der Waals surface area (Å²) in [7, 11) is 0. The third-order valence-electron chi connectivity index (χ3n) is 4.50. The number of benzene rings is 2.